The summed E-state index contributed by atoms with van der Waals surface area (Å²) in [5, 5.41) is 3.32. The number of halogens is 1. The summed E-state index contributed by atoms with van der Waals surface area (Å²) in [5.41, 5.74) is 0. The zero-order valence-corrected chi connectivity index (χ0v) is 13.2. The summed E-state index contributed by atoms with van der Waals surface area (Å²) in [4.78, 5) is 28.1. The van der Waals surface area contributed by atoms with Crippen LogP contribution in [0, 0.1) is 0 Å². The Kier molecular flexibility index (Phi) is 6.76. The van der Waals surface area contributed by atoms with Crippen LogP contribution in [0.15, 0.2) is 0 Å². The molecule has 2 fully saturated rings. The Morgan fingerprint density at radius 2 is 2.10 bits per heavy atom. The number of likely N-dealkylation sites (tertiary alicyclic amines) is 1. The standard InChI is InChI=1S/C14H25N3O2.ClH/c1-3-8-17(12-6-7-15-10-12)14(19)13-5-4-9-16(13)11(2)18;/h12-13,15H,3-10H2,1-2H3;1H. The van der Waals surface area contributed by atoms with Crippen molar-refractivity contribution >= 4 is 24.2 Å². The summed E-state index contributed by atoms with van der Waals surface area (Å²) in [5.74, 6) is 0.181. The third-order valence-electron chi connectivity index (χ3n) is 4.16. The fourth-order valence-electron chi connectivity index (χ4n) is 3.21. The molecule has 2 unspecified atom stereocenters. The topological polar surface area (TPSA) is 52.7 Å². The van der Waals surface area contributed by atoms with Crippen LogP contribution in [0.3, 0.4) is 0 Å². The summed E-state index contributed by atoms with van der Waals surface area (Å²) in [6.07, 6.45) is 3.76. The van der Waals surface area contributed by atoms with Gasteiger partial charge in [-0.15, -0.1) is 12.4 Å². The van der Waals surface area contributed by atoms with Crippen LogP contribution >= 0.6 is 12.4 Å². The second kappa shape index (κ2) is 7.84. The molecule has 2 rings (SSSR count). The molecule has 2 aliphatic rings. The number of nitrogens with one attached hydrogen (secondary N) is 1. The third-order valence-corrected chi connectivity index (χ3v) is 4.16. The summed E-state index contributed by atoms with van der Waals surface area (Å²) < 4.78 is 0. The molecule has 0 spiro atoms. The molecule has 2 atom stereocenters. The maximum atomic E-state index is 12.7. The van der Waals surface area contributed by atoms with E-state index < -0.39 is 0 Å². The van der Waals surface area contributed by atoms with Gasteiger partial charge in [0.2, 0.25) is 11.8 Å². The lowest BCUT2D eigenvalue weighted by molar-refractivity contribution is -0.144. The summed E-state index contributed by atoms with van der Waals surface area (Å²) >= 11 is 0. The van der Waals surface area contributed by atoms with Crippen molar-refractivity contribution in [3.8, 4) is 0 Å². The Bertz CT molecular complexity index is 345. The molecule has 2 amide bonds. The molecular formula is C14H26ClN3O2. The van der Waals surface area contributed by atoms with Crippen LogP contribution in [0.25, 0.3) is 0 Å². The van der Waals surface area contributed by atoms with Gasteiger partial charge in [0.05, 0.1) is 0 Å². The molecule has 5 nitrogen and oxygen atoms in total. The van der Waals surface area contributed by atoms with Gasteiger partial charge in [0.15, 0.2) is 0 Å². The van der Waals surface area contributed by atoms with Crippen LogP contribution < -0.4 is 5.32 Å². The van der Waals surface area contributed by atoms with Crippen LogP contribution in [0.2, 0.25) is 0 Å². The molecule has 116 valence electrons. The first kappa shape index (κ1) is 17.2. The fraction of sp³-hybridized carbons (Fsp3) is 0.857. The maximum Gasteiger partial charge on any atom is 0.245 e. The molecular weight excluding hydrogens is 278 g/mol. The lowest BCUT2D eigenvalue weighted by Gasteiger charge is -2.33. The molecule has 6 heteroatoms. The van der Waals surface area contributed by atoms with Crippen LogP contribution in [0.4, 0.5) is 0 Å². The zero-order chi connectivity index (χ0) is 13.8. The first-order valence-corrected chi connectivity index (χ1v) is 7.43. The number of carbonyl (C=O) groups is 2. The van der Waals surface area contributed by atoms with E-state index in [9.17, 15) is 9.59 Å². The number of nitrogens with zero attached hydrogens (tertiary/aromatic N) is 2. The minimum atomic E-state index is -0.218. The average Bonchev–Trinajstić information content (AvgIpc) is 3.05. The monoisotopic (exact) mass is 303 g/mol. The molecule has 0 radical (unpaired) electrons. The van der Waals surface area contributed by atoms with Crippen molar-refractivity contribution in [1.29, 1.82) is 0 Å². The largest absolute Gasteiger partial charge is 0.337 e. The molecule has 0 aromatic carbocycles. The number of hydrogen-bond donors (Lipinski definition) is 1. The fourth-order valence-corrected chi connectivity index (χ4v) is 3.21. The number of hydrogen-bond acceptors (Lipinski definition) is 3. The predicted octanol–water partition coefficient (Wildman–Crippen LogP) is 1.02. The van der Waals surface area contributed by atoms with Crippen molar-refractivity contribution in [2.24, 2.45) is 0 Å². The van der Waals surface area contributed by atoms with Crippen molar-refractivity contribution < 1.29 is 9.59 Å². The Morgan fingerprint density at radius 3 is 2.65 bits per heavy atom. The highest BCUT2D eigenvalue weighted by Crippen LogP contribution is 2.22. The SMILES string of the molecule is CCCN(C(=O)C1CCCN1C(C)=O)C1CCNC1.Cl. The highest BCUT2D eigenvalue weighted by molar-refractivity contribution is 5.87. The highest BCUT2D eigenvalue weighted by atomic mass is 35.5. The van der Waals surface area contributed by atoms with Gasteiger partial charge in [-0.2, -0.15) is 0 Å². The van der Waals surface area contributed by atoms with E-state index in [0.717, 1.165) is 51.9 Å². The van der Waals surface area contributed by atoms with E-state index in [1.54, 1.807) is 11.8 Å². The zero-order valence-electron chi connectivity index (χ0n) is 12.4. The normalized spacial score (nSPS) is 25.4. The van der Waals surface area contributed by atoms with E-state index in [1.165, 1.54) is 0 Å². The first-order chi connectivity index (χ1) is 9.15. The van der Waals surface area contributed by atoms with Crippen LogP contribution in [-0.2, 0) is 9.59 Å². The highest BCUT2D eigenvalue weighted by Gasteiger charge is 2.37. The lowest BCUT2D eigenvalue weighted by Crippen LogP contribution is -2.51. The number of carbonyl (C=O) groups excluding carboxylic acids is 2. The Labute approximate surface area is 127 Å². The molecule has 0 aliphatic carbocycles. The molecule has 2 heterocycles. The van der Waals surface area contributed by atoms with E-state index in [-0.39, 0.29) is 30.3 Å². The molecule has 0 aromatic rings. The van der Waals surface area contributed by atoms with E-state index in [2.05, 4.69) is 12.2 Å². The van der Waals surface area contributed by atoms with Gasteiger partial charge in [0.25, 0.3) is 0 Å². The molecule has 0 aromatic heterocycles. The smallest absolute Gasteiger partial charge is 0.245 e. The maximum absolute atomic E-state index is 12.7. The predicted molar refractivity (Wildman–Crippen MR) is 80.9 cm³/mol. The lowest BCUT2D eigenvalue weighted by atomic mass is 10.1. The van der Waals surface area contributed by atoms with E-state index in [1.807, 2.05) is 4.90 Å². The second-order valence-corrected chi connectivity index (χ2v) is 5.55. The van der Waals surface area contributed by atoms with Gasteiger partial charge in [-0.25, -0.2) is 0 Å². The third kappa shape index (κ3) is 3.64. The van der Waals surface area contributed by atoms with Crippen molar-refractivity contribution in [2.45, 2.75) is 51.6 Å². The summed E-state index contributed by atoms with van der Waals surface area (Å²) in [6, 6.07) is 0.0894. The van der Waals surface area contributed by atoms with Crippen molar-refractivity contribution in [2.75, 3.05) is 26.2 Å². The summed E-state index contributed by atoms with van der Waals surface area (Å²) in [6.45, 7) is 7.06. The van der Waals surface area contributed by atoms with Gasteiger partial charge in [0.1, 0.15) is 6.04 Å². The van der Waals surface area contributed by atoms with Crippen molar-refractivity contribution in [1.82, 2.24) is 15.1 Å². The van der Waals surface area contributed by atoms with Crippen LogP contribution in [0.1, 0.15) is 39.5 Å². The molecule has 2 saturated heterocycles. The van der Waals surface area contributed by atoms with Gasteiger partial charge in [-0.1, -0.05) is 6.92 Å². The van der Waals surface area contributed by atoms with Gasteiger partial charge < -0.3 is 15.1 Å². The van der Waals surface area contributed by atoms with Crippen LogP contribution in [0.5, 0.6) is 0 Å². The Morgan fingerprint density at radius 1 is 1.35 bits per heavy atom. The molecule has 20 heavy (non-hydrogen) atoms. The molecule has 0 bridgehead atoms. The first-order valence-electron chi connectivity index (χ1n) is 7.43. The van der Waals surface area contributed by atoms with Gasteiger partial charge in [-0.05, 0) is 32.2 Å². The number of rotatable bonds is 4. The van der Waals surface area contributed by atoms with Crippen molar-refractivity contribution in [3.63, 3.8) is 0 Å². The minimum Gasteiger partial charge on any atom is -0.337 e. The average molecular weight is 304 g/mol. The minimum absolute atomic E-state index is 0. The second-order valence-electron chi connectivity index (χ2n) is 5.55. The quantitative estimate of drug-likeness (QED) is 0.844. The number of amides is 2. The van der Waals surface area contributed by atoms with Gasteiger partial charge in [-0.3, -0.25) is 9.59 Å². The van der Waals surface area contributed by atoms with Gasteiger partial charge in [0, 0.05) is 32.6 Å². The van der Waals surface area contributed by atoms with E-state index >= 15 is 0 Å². The Balaban J connectivity index is 0.00000200. The van der Waals surface area contributed by atoms with Gasteiger partial charge >= 0.3 is 0 Å². The molecule has 2 aliphatic heterocycles. The molecule has 0 saturated carbocycles. The summed E-state index contributed by atoms with van der Waals surface area (Å²) in [7, 11) is 0. The Hall–Kier alpha value is -0.810. The van der Waals surface area contributed by atoms with E-state index in [0.29, 0.717) is 6.04 Å². The van der Waals surface area contributed by atoms with Crippen LogP contribution in [-0.4, -0.2) is 59.9 Å². The van der Waals surface area contributed by atoms with Crippen molar-refractivity contribution in [3.05, 3.63) is 0 Å². The molecule has 1 N–H and O–H groups in total. The van der Waals surface area contributed by atoms with E-state index in [4.69, 9.17) is 0 Å².